The van der Waals surface area contributed by atoms with Crippen molar-refractivity contribution in [3.63, 3.8) is 0 Å². The summed E-state index contributed by atoms with van der Waals surface area (Å²) in [5, 5.41) is 9.25. The highest BCUT2D eigenvalue weighted by Crippen LogP contribution is 2.22. The highest BCUT2D eigenvalue weighted by Gasteiger charge is 2.18. The van der Waals surface area contributed by atoms with Gasteiger partial charge in [-0.25, -0.2) is 13.1 Å². The van der Waals surface area contributed by atoms with E-state index in [0.717, 1.165) is 5.56 Å². The lowest BCUT2D eigenvalue weighted by Crippen LogP contribution is -2.28. The van der Waals surface area contributed by atoms with Crippen LogP contribution in [0.4, 0.5) is 0 Å². The smallest absolute Gasteiger partial charge is 0.303 e. The number of rotatable bonds is 9. The Labute approximate surface area is 164 Å². The third-order valence-corrected chi connectivity index (χ3v) is 5.43. The van der Waals surface area contributed by atoms with E-state index in [1.807, 2.05) is 6.07 Å². The maximum atomic E-state index is 12.4. The van der Waals surface area contributed by atoms with Crippen molar-refractivity contribution < 1.29 is 18.3 Å². The molecular formula is C17H20Cl2N2O4S. The summed E-state index contributed by atoms with van der Waals surface area (Å²) < 4.78 is 27.4. The minimum Gasteiger partial charge on any atom is -0.481 e. The average Bonchev–Trinajstić information content (AvgIpc) is 2.59. The van der Waals surface area contributed by atoms with E-state index < -0.39 is 16.0 Å². The molecular weight excluding hydrogens is 399 g/mol. The molecule has 0 aliphatic heterocycles. The Hall–Kier alpha value is -1.67. The van der Waals surface area contributed by atoms with Gasteiger partial charge < -0.3 is 5.11 Å². The van der Waals surface area contributed by atoms with Gasteiger partial charge in [-0.3, -0.25) is 9.78 Å². The lowest BCUT2D eigenvalue weighted by molar-refractivity contribution is -0.137. The van der Waals surface area contributed by atoms with E-state index in [1.54, 1.807) is 18.5 Å². The summed E-state index contributed by atoms with van der Waals surface area (Å²) >= 11 is 5.78. The van der Waals surface area contributed by atoms with Crippen LogP contribution in [0, 0.1) is 0 Å². The highest BCUT2D eigenvalue weighted by molar-refractivity contribution is 7.89. The third-order valence-electron chi connectivity index (χ3n) is 3.74. The molecule has 1 heterocycles. The molecule has 0 aliphatic carbocycles. The van der Waals surface area contributed by atoms with Crippen molar-refractivity contribution in [1.29, 1.82) is 0 Å². The number of aliphatic carboxylic acids is 1. The van der Waals surface area contributed by atoms with Gasteiger partial charge in [0, 0.05) is 30.4 Å². The predicted molar refractivity (Wildman–Crippen MR) is 102 cm³/mol. The van der Waals surface area contributed by atoms with Gasteiger partial charge in [-0.2, -0.15) is 0 Å². The zero-order valence-corrected chi connectivity index (χ0v) is 16.2. The molecule has 1 unspecified atom stereocenters. The van der Waals surface area contributed by atoms with Gasteiger partial charge in [-0.1, -0.05) is 17.7 Å². The van der Waals surface area contributed by atoms with Crippen LogP contribution < -0.4 is 4.72 Å². The maximum Gasteiger partial charge on any atom is 0.303 e. The van der Waals surface area contributed by atoms with Crippen molar-refractivity contribution in [1.82, 2.24) is 9.71 Å². The Morgan fingerprint density at radius 3 is 2.50 bits per heavy atom. The van der Waals surface area contributed by atoms with Crippen LogP contribution in [0.1, 0.15) is 30.7 Å². The summed E-state index contributed by atoms with van der Waals surface area (Å²) in [6, 6.07) is 9.54. The van der Waals surface area contributed by atoms with Crippen LogP contribution in [0.25, 0.3) is 0 Å². The second-order valence-corrected chi connectivity index (χ2v) is 7.78. The van der Waals surface area contributed by atoms with E-state index in [2.05, 4.69) is 9.71 Å². The fourth-order valence-corrected chi connectivity index (χ4v) is 3.62. The van der Waals surface area contributed by atoms with Gasteiger partial charge in [0.2, 0.25) is 10.0 Å². The number of carboxylic acids is 1. The fourth-order valence-electron chi connectivity index (χ4n) is 2.41. The Bertz CT molecular complexity index is 799. The summed E-state index contributed by atoms with van der Waals surface area (Å²) in [5.41, 5.74) is 0.867. The Balaban J connectivity index is 0.00000338. The van der Waals surface area contributed by atoms with Gasteiger partial charge in [0.05, 0.1) is 4.90 Å². The first-order valence-corrected chi connectivity index (χ1v) is 9.61. The van der Waals surface area contributed by atoms with E-state index >= 15 is 0 Å². The van der Waals surface area contributed by atoms with E-state index in [-0.39, 0.29) is 36.2 Å². The Kier molecular flexibility index (Phi) is 9.01. The Morgan fingerprint density at radius 2 is 1.92 bits per heavy atom. The number of pyridine rings is 1. The first-order chi connectivity index (χ1) is 11.9. The van der Waals surface area contributed by atoms with Crippen molar-refractivity contribution in [2.45, 2.75) is 30.1 Å². The molecule has 1 aromatic heterocycles. The molecule has 1 atom stereocenters. The number of halogens is 2. The van der Waals surface area contributed by atoms with Crippen molar-refractivity contribution in [2.24, 2.45) is 0 Å². The van der Waals surface area contributed by atoms with E-state index in [4.69, 9.17) is 16.7 Å². The molecule has 0 saturated heterocycles. The van der Waals surface area contributed by atoms with E-state index in [1.165, 1.54) is 24.3 Å². The zero-order chi connectivity index (χ0) is 18.3. The number of benzene rings is 1. The summed E-state index contributed by atoms with van der Waals surface area (Å²) in [5.74, 6) is -1.03. The summed E-state index contributed by atoms with van der Waals surface area (Å²) in [6.07, 6.45) is 4.34. The van der Waals surface area contributed by atoms with Crippen molar-refractivity contribution in [2.75, 3.05) is 6.54 Å². The van der Waals surface area contributed by atoms with Gasteiger partial charge in [0.25, 0.3) is 0 Å². The van der Waals surface area contributed by atoms with Crippen molar-refractivity contribution in [3.8, 4) is 0 Å². The van der Waals surface area contributed by atoms with Crippen molar-refractivity contribution >= 4 is 40.0 Å². The molecule has 0 fully saturated rings. The average molecular weight is 419 g/mol. The number of hydrogen-bond acceptors (Lipinski definition) is 4. The first-order valence-electron chi connectivity index (χ1n) is 7.75. The molecule has 2 N–H and O–H groups in total. The van der Waals surface area contributed by atoms with Gasteiger partial charge in [0.1, 0.15) is 0 Å². The standard InChI is InChI=1S/C17H19ClN2O4S.ClH/c18-15-6-8-16(9-7-15)25(23,24)20-12-14(3-1-5-17(21)22)13-4-2-10-19-11-13;/h2,4,6-11,14,20H,1,3,5,12H2,(H,21,22);1H. The second-order valence-electron chi connectivity index (χ2n) is 5.58. The van der Waals surface area contributed by atoms with Crippen LogP contribution in [-0.4, -0.2) is 31.0 Å². The highest BCUT2D eigenvalue weighted by atomic mass is 35.5. The molecule has 0 radical (unpaired) electrons. The number of hydrogen-bond donors (Lipinski definition) is 2. The van der Waals surface area contributed by atoms with Gasteiger partial charge >= 0.3 is 5.97 Å². The van der Waals surface area contributed by atoms with E-state index in [9.17, 15) is 13.2 Å². The monoisotopic (exact) mass is 418 g/mol. The molecule has 9 heteroatoms. The summed E-state index contributed by atoms with van der Waals surface area (Å²) in [4.78, 5) is 14.9. The molecule has 1 aromatic carbocycles. The molecule has 142 valence electrons. The zero-order valence-electron chi connectivity index (χ0n) is 13.8. The number of nitrogens with one attached hydrogen (secondary N) is 1. The number of aromatic nitrogens is 1. The molecule has 6 nitrogen and oxygen atoms in total. The number of carbonyl (C=O) groups is 1. The van der Waals surface area contributed by atoms with Gasteiger partial charge in [-0.05, 0) is 54.7 Å². The number of nitrogens with zero attached hydrogens (tertiary/aromatic N) is 1. The molecule has 0 spiro atoms. The van der Waals surface area contributed by atoms with Crippen LogP contribution in [0.3, 0.4) is 0 Å². The number of sulfonamides is 1. The first kappa shape index (κ1) is 22.4. The van der Waals surface area contributed by atoms with Crippen LogP contribution in [0.5, 0.6) is 0 Å². The molecule has 0 aliphatic rings. The lowest BCUT2D eigenvalue weighted by Gasteiger charge is -2.17. The Morgan fingerprint density at radius 1 is 1.23 bits per heavy atom. The minimum atomic E-state index is -3.67. The lowest BCUT2D eigenvalue weighted by atomic mass is 9.95. The molecule has 0 saturated carbocycles. The van der Waals surface area contributed by atoms with Gasteiger partial charge in [0.15, 0.2) is 0 Å². The number of carboxylic acid groups (broad SMARTS) is 1. The molecule has 0 amide bonds. The SMILES string of the molecule is Cl.O=C(O)CCCC(CNS(=O)(=O)c1ccc(Cl)cc1)c1cccnc1. The van der Waals surface area contributed by atoms with Crippen LogP contribution >= 0.6 is 24.0 Å². The van der Waals surface area contributed by atoms with Gasteiger partial charge in [-0.15, -0.1) is 12.4 Å². The van der Waals surface area contributed by atoms with E-state index in [0.29, 0.717) is 17.9 Å². The second kappa shape index (κ2) is 10.5. The van der Waals surface area contributed by atoms with Crippen LogP contribution in [0.2, 0.25) is 5.02 Å². The molecule has 2 aromatic rings. The molecule has 0 bridgehead atoms. The largest absolute Gasteiger partial charge is 0.481 e. The topological polar surface area (TPSA) is 96.4 Å². The predicted octanol–water partition coefficient (Wildman–Crippen LogP) is 3.47. The quantitative estimate of drug-likeness (QED) is 0.649. The molecule has 2 rings (SSSR count). The fraction of sp³-hybridized carbons (Fsp3) is 0.294. The third kappa shape index (κ3) is 6.92. The minimum absolute atomic E-state index is 0. The van der Waals surface area contributed by atoms with Crippen LogP contribution in [-0.2, 0) is 14.8 Å². The summed E-state index contributed by atoms with van der Waals surface area (Å²) in [7, 11) is -3.67. The normalized spacial score (nSPS) is 12.2. The maximum absolute atomic E-state index is 12.4. The van der Waals surface area contributed by atoms with Crippen LogP contribution in [0.15, 0.2) is 53.7 Å². The molecule has 26 heavy (non-hydrogen) atoms. The summed E-state index contributed by atoms with van der Waals surface area (Å²) in [6.45, 7) is 0.163. The van der Waals surface area contributed by atoms with Crippen molar-refractivity contribution in [3.05, 3.63) is 59.4 Å².